The third-order valence-corrected chi connectivity index (χ3v) is 5.15. The number of carbonyl (C=O) groups is 1. The molecule has 6 heteroatoms. The van der Waals surface area contributed by atoms with Crippen LogP contribution in [0.5, 0.6) is 5.75 Å². The van der Waals surface area contributed by atoms with Gasteiger partial charge in [-0.25, -0.2) is 0 Å². The maximum atomic E-state index is 13.2. The molecule has 3 aromatic rings. The van der Waals surface area contributed by atoms with Crippen molar-refractivity contribution in [2.24, 2.45) is 5.92 Å². The van der Waals surface area contributed by atoms with Crippen LogP contribution in [0.1, 0.15) is 29.8 Å². The first-order valence-electron chi connectivity index (χ1n) is 10.1. The van der Waals surface area contributed by atoms with Gasteiger partial charge in [-0.2, -0.15) is 8.42 Å². The largest absolute Gasteiger partial charge is 0.383 e. The van der Waals surface area contributed by atoms with E-state index in [0.29, 0.717) is 24.6 Å². The van der Waals surface area contributed by atoms with Crippen molar-refractivity contribution in [1.29, 1.82) is 0 Å². The summed E-state index contributed by atoms with van der Waals surface area (Å²) < 4.78 is 27.4. The summed E-state index contributed by atoms with van der Waals surface area (Å²) in [5.41, 5.74) is 3.71. The Kier molecular flexibility index (Phi) is 7.13. The molecule has 0 aliphatic carbocycles. The molecule has 0 unspecified atom stereocenters. The van der Waals surface area contributed by atoms with Gasteiger partial charge in [-0.15, -0.1) is 0 Å². The Morgan fingerprint density at radius 2 is 1.45 bits per heavy atom. The van der Waals surface area contributed by atoms with Crippen LogP contribution in [-0.2, 0) is 16.7 Å². The summed E-state index contributed by atoms with van der Waals surface area (Å²) in [6.45, 7) is 5.18. The van der Waals surface area contributed by atoms with E-state index in [0.717, 1.165) is 22.9 Å². The van der Waals surface area contributed by atoms with Crippen LogP contribution < -0.4 is 4.18 Å². The summed E-state index contributed by atoms with van der Waals surface area (Å²) in [6.07, 6.45) is 1.01. The fourth-order valence-electron chi connectivity index (χ4n) is 3.32. The fourth-order valence-corrected chi connectivity index (χ4v) is 3.78. The van der Waals surface area contributed by atoms with Crippen molar-refractivity contribution in [2.45, 2.75) is 20.4 Å². The predicted octanol–water partition coefficient (Wildman–Crippen LogP) is 4.99. The molecule has 0 saturated heterocycles. The minimum absolute atomic E-state index is 0.0372. The summed E-state index contributed by atoms with van der Waals surface area (Å²) in [4.78, 5) is 15.0. The van der Waals surface area contributed by atoms with Gasteiger partial charge < -0.3 is 9.08 Å². The number of benzene rings is 3. The second-order valence-corrected chi connectivity index (χ2v) is 9.53. The Hall–Kier alpha value is -3.12. The van der Waals surface area contributed by atoms with Crippen molar-refractivity contribution < 1.29 is 17.4 Å². The Labute approximate surface area is 184 Å². The van der Waals surface area contributed by atoms with Gasteiger partial charge in [0.05, 0.1) is 6.26 Å². The van der Waals surface area contributed by atoms with E-state index in [2.05, 4.69) is 13.8 Å². The van der Waals surface area contributed by atoms with Gasteiger partial charge in [-0.3, -0.25) is 4.79 Å². The van der Waals surface area contributed by atoms with E-state index >= 15 is 0 Å². The Balaban J connectivity index is 1.76. The van der Waals surface area contributed by atoms with Gasteiger partial charge in [0.2, 0.25) is 0 Å². The molecule has 0 heterocycles. The molecular weight excluding hydrogens is 410 g/mol. The van der Waals surface area contributed by atoms with Gasteiger partial charge in [-0.05, 0) is 46.9 Å². The zero-order valence-corrected chi connectivity index (χ0v) is 18.8. The highest BCUT2D eigenvalue weighted by Crippen LogP contribution is 2.21. The smallest absolute Gasteiger partial charge is 0.306 e. The summed E-state index contributed by atoms with van der Waals surface area (Å²) >= 11 is 0. The third-order valence-electron chi connectivity index (χ3n) is 4.66. The van der Waals surface area contributed by atoms with Gasteiger partial charge in [-0.1, -0.05) is 68.4 Å². The minimum Gasteiger partial charge on any atom is -0.383 e. The molecule has 0 aromatic heterocycles. The summed E-state index contributed by atoms with van der Waals surface area (Å²) in [5.74, 6) is 0.523. The average molecular weight is 438 g/mol. The van der Waals surface area contributed by atoms with Crippen molar-refractivity contribution in [3.63, 3.8) is 0 Å². The van der Waals surface area contributed by atoms with Crippen LogP contribution in [0, 0.1) is 5.92 Å². The quantitative estimate of drug-likeness (QED) is 0.466. The van der Waals surface area contributed by atoms with Crippen LogP contribution in [-0.4, -0.2) is 32.0 Å². The molecule has 5 nitrogen and oxygen atoms in total. The van der Waals surface area contributed by atoms with E-state index in [-0.39, 0.29) is 11.7 Å². The van der Waals surface area contributed by atoms with Gasteiger partial charge in [0.15, 0.2) is 0 Å². The van der Waals surface area contributed by atoms with E-state index in [9.17, 15) is 13.2 Å². The first-order valence-corrected chi connectivity index (χ1v) is 12.0. The highest BCUT2D eigenvalue weighted by atomic mass is 32.2. The van der Waals surface area contributed by atoms with Crippen LogP contribution in [0.15, 0.2) is 78.9 Å². The van der Waals surface area contributed by atoms with Crippen LogP contribution in [0.2, 0.25) is 0 Å². The number of hydrogen-bond acceptors (Lipinski definition) is 4. The first kappa shape index (κ1) is 22.6. The van der Waals surface area contributed by atoms with E-state index in [1.807, 2.05) is 59.5 Å². The number of amides is 1. The molecule has 0 spiro atoms. The standard InChI is InChI=1S/C25H27NO4S/c1-19(2)17-26(18-20-9-15-24(16-10-20)30-31(3,28)29)25(27)23-13-11-22(12-14-23)21-7-5-4-6-8-21/h4-16,19H,17-18H2,1-3H3. The molecule has 3 aromatic carbocycles. The van der Waals surface area contributed by atoms with Crippen LogP contribution in [0.3, 0.4) is 0 Å². The van der Waals surface area contributed by atoms with Crippen molar-refractivity contribution in [3.8, 4) is 16.9 Å². The molecule has 0 radical (unpaired) electrons. The van der Waals surface area contributed by atoms with E-state index in [4.69, 9.17) is 4.18 Å². The maximum Gasteiger partial charge on any atom is 0.306 e. The van der Waals surface area contributed by atoms with Crippen LogP contribution >= 0.6 is 0 Å². The SMILES string of the molecule is CC(C)CN(Cc1ccc(OS(C)(=O)=O)cc1)C(=O)c1ccc(-c2ccccc2)cc1. The van der Waals surface area contributed by atoms with Gasteiger partial charge >= 0.3 is 10.1 Å². The fraction of sp³-hybridized carbons (Fsp3) is 0.240. The minimum atomic E-state index is -3.57. The second-order valence-electron chi connectivity index (χ2n) is 7.95. The van der Waals surface area contributed by atoms with Crippen molar-refractivity contribution in [1.82, 2.24) is 4.90 Å². The average Bonchev–Trinajstić information content (AvgIpc) is 2.73. The van der Waals surface area contributed by atoms with Crippen LogP contribution in [0.25, 0.3) is 11.1 Å². The van der Waals surface area contributed by atoms with Gasteiger partial charge in [0, 0.05) is 18.7 Å². The Morgan fingerprint density at radius 3 is 2.00 bits per heavy atom. The summed E-state index contributed by atoms with van der Waals surface area (Å²) in [7, 11) is -3.57. The molecule has 0 atom stereocenters. The lowest BCUT2D eigenvalue weighted by Crippen LogP contribution is -2.33. The summed E-state index contributed by atoms with van der Waals surface area (Å²) in [5, 5.41) is 0. The molecule has 0 bridgehead atoms. The molecule has 0 aliphatic heterocycles. The molecule has 162 valence electrons. The first-order chi connectivity index (χ1) is 14.7. The highest BCUT2D eigenvalue weighted by molar-refractivity contribution is 7.86. The molecule has 31 heavy (non-hydrogen) atoms. The molecular formula is C25H27NO4S. The lowest BCUT2D eigenvalue weighted by molar-refractivity contribution is 0.0722. The maximum absolute atomic E-state index is 13.2. The lowest BCUT2D eigenvalue weighted by Gasteiger charge is -2.25. The second kappa shape index (κ2) is 9.79. The highest BCUT2D eigenvalue weighted by Gasteiger charge is 2.18. The molecule has 0 N–H and O–H groups in total. The molecule has 3 rings (SSSR count). The third kappa shape index (κ3) is 6.69. The zero-order valence-electron chi connectivity index (χ0n) is 18.0. The monoisotopic (exact) mass is 437 g/mol. The summed E-state index contributed by atoms with van der Waals surface area (Å²) in [6, 6.07) is 24.5. The normalized spacial score (nSPS) is 11.4. The number of rotatable bonds is 8. The van der Waals surface area contributed by atoms with Crippen molar-refractivity contribution in [3.05, 3.63) is 90.0 Å². The number of hydrogen-bond donors (Lipinski definition) is 0. The molecule has 0 saturated carbocycles. The van der Waals surface area contributed by atoms with Gasteiger partial charge in [0.25, 0.3) is 5.91 Å². The van der Waals surface area contributed by atoms with E-state index < -0.39 is 10.1 Å². The predicted molar refractivity (Wildman–Crippen MR) is 123 cm³/mol. The van der Waals surface area contributed by atoms with Gasteiger partial charge in [0.1, 0.15) is 5.75 Å². The number of nitrogens with zero attached hydrogens (tertiary/aromatic N) is 1. The van der Waals surface area contributed by atoms with Crippen LogP contribution in [0.4, 0.5) is 0 Å². The Bertz CT molecular complexity index is 1110. The molecule has 1 amide bonds. The lowest BCUT2D eigenvalue weighted by atomic mass is 10.0. The van der Waals surface area contributed by atoms with Crippen molar-refractivity contribution >= 4 is 16.0 Å². The molecule has 0 fully saturated rings. The number of carbonyl (C=O) groups excluding carboxylic acids is 1. The van der Waals surface area contributed by atoms with E-state index in [1.165, 1.54) is 0 Å². The van der Waals surface area contributed by atoms with Crippen molar-refractivity contribution in [2.75, 3.05) is 12.8 Å². The van der Waals surface area contributed by atoms with E-state index in [1.54, 1.807) is 24.3 Å². The molecule has 0 aliphatic rings. The topological polar surface area (TPSA) is 63.7 Å². The zero-order chi connectivity index (χ0) is 22.4. The Morgan fingerprint density at radius 1 is 0.871 bits per heavy atom.